The molecular formula is C13H11FN2O2. The number of hydrogen-bond acceptors (Lipinski definition) is 4. The van der Waals surface area contributed by atoms with Gasteiger partial charge in [0.2, 0.25) is 11.7 Å². The SMILES string of the molecule is COc1ccc(C(=O)c2cc(C)cc(F)c2)nn1. The van der Waals surface area contributed by atoms with E-state index in [-0.39, 0.29) is 17.0 Å². The van der Waals surface area contributed by atoms with Gasteiger partial charge in [0.1, 0.15) is 11.5 Å². The summed E-state index contributed by atoms with van der Waals surface area (Å²) >= 11 is 0. The number of methoxy groups -OCH3 is 1. The van der Waals surface area contributed by atoms with Crippen molar-refractivity contribution in [1.82, 2.24) is 10.2 Å². The number of hydrogen-bond donors (Lipinski definition) is 0. The van der Waals surface area contributed by atoms with Gasteiger partial charge in [-0.2, -0.15) is 0 Å². The zero-order valence-corrected chi connectivity index (χ0v) is 9.98. The van der Waals surface area contributed by atoms with Gasteiger partial charge < -0.3 is 4.74 Å². The minimum atomic E-state index is -0.445. The van der Waals surface area contributed by atoms with Gasteiger partial charge in [-0.25, -0.2) is 4.39 Å². The second-order valence-electron chi connectivity index (χ2n) is 3.81. The summed E-state index contributed by atoms with van der Waals surface area (Å²) in [4.78, 5) is 12.0. The molecule has 2 aromatic rings. The first-order chi connectivity index (χ1) is 8.60. The van der Waals surface area contributed by atoms with Crippen LogP contribution in [0.1, 0.15) is 21.6 Å². The summed E-state index contributed by atoms with van der Waals surface area (Å²) in [7, 11) is 1.46. The Morgan fingerprint density at radius 1 is 1.22 bits per heavy atom. The molecule has 0 N–H and O–H groups in total. The van der Waals surface area contributed by atoms with Crippen molar-refractivity contribution in [1.29, 1.82) is 0 Å². The number of benzene rings is 1. The van der Waals surface area contributed by atoms with Crippen molar-refractivity contribution in [3.8, 4) is 5.88 Å². The fourth-order valence-electron chi connectivity index (χ4n) is 1.57. The summed E-state index contributed by atoms with van der Waals surface area (Å²) in [5, 5.41) is 7.44. The average molecular weight is 246 g/mol. The van der Waals surface area contributed by atoms with Crippen molar-refractivity contribution in [3.05, 3.63) is 53.0 Å². The molecule has 0 spiro atoms. The molecule has 0 saturated heterocycles. The standard InChI is InChI=1S/C13H11FN2O2/c1-8-5-9(7-10(14)6-8)13(17)11-3-4-12(18-2)16-15-11/h3-7H,1-2H3. The molecule has 0 saturated carbocycles. The maximum Gasteiger partial charge on any atom is 0.233 e. The minimum Gasteiger partial charge on any atom is -0.480 e. The van der Waals surface area contributed by atoms with Crippen LogP contribution in [0.2, 0.25) is 0 Å². The van der Waals surface area contributed by atoms with E-state index in [1.54, 1.807) is 13.0 Å². The molecule has 0 aliphatic rings. The number of ketones is 1. The Balaban J connectivity index is 2.34. The molecule has 0 unspecified atom stereocenters. The Bertz CT molecular complexity index is 562. The Morgan fingerprint density at radius 3 is 2.56 bits per heavy atom. The van der Waals surface area contributed by atoms with Crippen molar-refractivity contribution in [2.45, 2.75) is 6.92 Å². The quantitative estimate of drug-likeness (QED) is 0.779. The van der Waals surface area contributed by atoms with E-state index in [0.717, 1.165) is 0 Å². The van der Waals surface area contributed by atoms with E-state index in [1.807, 2.05) is 0 Å². The highest BCUT2D eigenvalue weighted by atomic mass is 19.1. The lowest BCUT2D eigenvalue weighted by Crippen LogP contribution is -2.06. The molecule has 1 aromatic carbocycles. The number of nitrogens with zero attached hydrogens (tertiary/aromatic N) is 2. The van der Waals surface area contributed by atoms with Crippen molar-refractivity contribution >= 4 is 5.78 Å². The van der Waals surface area contributed by atoms with Gasteiger partial charge in [0.15, 0.2) is 0 Å². The fourth-order valence-corrected chi connectivity index (χ4v) is 1.57. The third-order valence-corrected chi connectivity index (χ3v) is 2.39. The molecule has 0 aliphatic carbocycles. The van der Waals surface area contributed by atoms with E-state index < -0.39 is 5.82 Å². The highest BCUT2D eigenvalue weighted by molar-refractivity contribution is 6.07. The summed E-state index contributed by atoms with van der Waals surface area (Å²) < 4.78 is 18.1. The van der Waals surface area contributed by atoms with Crippen LogP contribution in [-0.4, -0.2) is 23.1 Å². The third kappa shape index (κ3) is 2.51. The largest absolute Gasteiger partial charge is 0.480 e. The number of rotatable bonds is 3. The molecule has 0 aliphatic heterocycles. The topological polar surface area (TPSA) is 52.1 Å². The second-order valence-corrected chi connectivity index (χ2v) is 3.81. The molecule has 0 atom stereocenters. The van der Waals surface area contributed by atoms with E-state index in [4.69, 9.17) is 4.74 Å². The zero-order chi connectivity index (χ0) is 13.1. The van der Waals surface area contributed by atoms with Gasteiger partial charge in [0, 0.05) is 11.6 Å². The Labute approximate surface area is 103 Å². The highest BCUT2D eigenvalue weighted by Gasteiger charge is 2.13. The van der Waals surface area contributed by atoms with Gasteiger partial charge in [-0.1, -0.05) is 0 Å². The maximum absolute atomic E-state index is 13.2. The van der Waals surface area contributed by atoms with Crippen LogP contribution >= 0.6 is 0 Å². The van der Waals surface area contributed by atoms with E-state index in [2.05, 4.69) is 10.2 Å². The number of carbonyl (C=O) groups excluding carboxylic acids is 1. The average Bonchev–Trinajstić information content (AvgIpc) is 2.37. The normalized spacial score (nSPS) is 10.2. The Morgan fingerprint density at radius 2 is 2.00 bits per heavy atom. The summed E-state index contributed by atoms with van der Waals surface area (Å²) in [6.07, 6.45) is 0. The van der Waals surface area contributed by atoms with E-state index in [0.29, 0.717) is 11.4 Å². The molecule has 0 amide bonds. The lowest BCUT2D eigenvalue weighted by Gasteiger charge is -2.02. The molecule has 5 heteroatoms. The van der Waals surface area contributed by atoms with Crippen LogP contribution in [0.5, 0.6) is 5.88 Å². The second kappa shape index (κ2) is 4.91. The molecule has 0 radical (unpaired) electrons. The number of aromatic nitrogens is 2. The van der Waals surface area contributed by atoms with Crippen molar-refractivity contribution in [2.24, 2.45) is 0 Å². The van der Waals surface area contributed by atoms with Crippen LogP contribution in [0.4, 0.5) is 4.39 Å². The van der Waals surface area contributed by atoms with Crippen LogP contribution in [0.25, 0.3) is 0 Å². The first kappa shape index (κ1) is 12.2. The minimum absolute atomic E-state index is 0.154. The monoisotopic (exact) mass is 246 g/mol. The summed E-state index contributed by atoms with van der Waals surface area (Å²) in [5.41, 5.74) is 1.09. The summed E-state index contributed by atoms with van der Waals surface area (Å²) in [6, 6.07) is 7.18. The molecular weight excluding hydrogens is 235 g/mol. The number of aryl methyl sites for hydroxylation is 1. The fraction of sp³-hybridized carbons (Fsp3) is 0.154. The van der Waals surface area contributed by atoms with Crippen LogP contribution in [-0.2, 0) is 0 Å². The van der Waals surface area contributed by atoms with Gasteiger partial charge in [-0.15, -0.1) is 10.2 Å². The van der Waals surface area contributed by atoms with Crippen LogP contribution < -0.4 is 4.74 Å². The third-order valence-electron chi connectivity index (χ3n) is 2.39. The lowest BCUT2D eigenvalue weighted by atomic mass is 10.1. The molecule has 0 fully saturated rings. The zero-order valence-electron chi connectivity index (χ0n) is 9.98. The van der Waals surface area contributed by atoms with Crippen LogP contribution in [0.3, 0.4) is 0 Å². The predicted molar refractivity (Wildman–Crippen MR) is 63.2 cm³/mol. The smallest absolute Gasteiger partial charge is 0.233 e. The van der Waals surface area contributed by atoms with E-state index in [9.17, 15) is 9.18 Å². The van der Waals surface area contributed by atoms with Crippen LogP contribution in [0.15, 0.2) is 30.3 Å². The number of halogens is 1. The molecule has 0 bridgehead atoms. The molecule has 1 heterocycles. The first-order valence-corrected chi connectivity index (χ1v) is 5.30. The van der Waals surface area contributed by atoms with E-state index in [1.165, 1.54) is 31.4 Å². The van der Waals surface area contributed by atoms with Gasteiger partial charge in [-0.05, 0) is 36.8 Å². The molecule has 1 aromatic heterocycles. The molecule has 92 valence electrons. The molecule has 2 rings (SSSR count). The summed E-state index contributed by atoms with van der Waals surface area (Å²) in [6.45, 7) is 1.72. The van der Waals surface area contributed by atoms with Crippen molar-refractivity contribution in [2.75, 3.05) is 7.11 Å². The lowest BCUT2D eigenvalue weighted by molar-refractivity contribution is 0.103. The predicted octanol–water partition coefficient (Wildman–Crippen LogP) is 2.16. The first-order valence-electron chi connectivity index (χ1n) is 5.30. The Hall–Kier alpha value is -2.30. The van der Waals surface area contributed by atoms with Gasteiger partial charge in [0.05, 0.1) is 7.11 Å². The molecule has 4 nitrogen and oxygen atoms in total. The van der Waals surface area contributed by atoms with Crippen LogP contribution in [0, 0.1) is 12.7 Å². The van der Waals surface area contributed by atoms with Gasteiger partial charge >= 0.3 is 0 Å². The van der Waals surface area contributed by atoms with E-state index >= 15 is 0 Å². The highest BCUT2D eigenvalue weighted by Crippen LogP contribution is 2.13. The molecule has 18 heavy (non-hydrogen) atoms. The number of ether oxygens (including phenoxy) is 1. The maximum atomic E-state index is 13.2. The van der Waals surface area contributed by atoms with Gasteiger partial charge in [0.25, 0.3) is 0 Å². The summed E-state index contributed by atoms with van der Waals surface area (Å²) in [5.74, 6) is -0.491. The van der Waals surface area contributed by atoms with Crippen molar-refractivity contribution in [3.63, 3.8) is 0 Å². The number of carbonyl (C=O) groups is 1. The Kier molecular flexibility index (Phi) is 3.32. The van der Waals surface area contributed by atoms with Crippen molar-refractivity contribution < 1.29 is 13.9 Å². The van der Waals surface area contributed by atoms with Gasteiger partial charge in [-0.3, -0.25) is 4.79 Å².